The molecule has 1 amide bonds. The fraction of sp³-hybridized carbons (Fsp3) is 0.650. The van der Waals surface area contributed by atoms with Crippen LogP contribution >= 0.6 is 0 Å². The Bertz CT molecular complexity index is 564. The second kappa shape index (κ2) is 8.26. The number of rotatable bonds is 7. The Morgan fingerprint density at radius 1 is 1.12 bits per heavy atom. The third-order valence-electron chi connectivity index (χ3n) is 5.39. The molecule has 1 aromatic rings. The second-order valence-electron chi connectivity index (χ2n) is 7.37. The van der Waals surface area contributed by atoms with Crippen molar-refractivity contribution in [1.29, 1.82) is 0 Å². The highest BCUT2D eigenvalue weighted by Crippen LogP contribution is 2.50. The molecule has 25 heavy (non-hydrogen) atoms. The number of nitrogens with zero attached hydrogens (tertiary/aromatic N) is 2. The van der Waals surface area contributed by atoms with Crippen molar-refractivity contribution < 1.29 is 13.6 Å². The predicted molar refractivity (Wildman–Crippen MR) is 94.7 cm³/mol. The summed E-state index contributed by atoms with van der Waals surface area (Å²) in [6, 6.07) is 10.2. The molecule has 1 saturated carbocycles. The Labute approximate surface area is 149 Å². The number of aryl methyl sites for hydroxylation is 1. The molecule has 138 valence electrons. The van der Waals surface area contributed by atoms with Crippen LogP contribution in [0.15, 0.2) is 30.3 Å². The van der Waals surface area contributed by atoms with Crippen LogP contribution in [0.5, 0.6) is 0 Å². The van der Waals surface area contributed by atoms with E-state index in [1.165, 1.54) is 5.56 Å². The maximum atomic E-state index is 13.0. The Morgan fingerprint density at radius 2 is 1.88 bits per heavy atom. The summed E-state index contributed by atoms with van der Waals surface area (Å²) in [4.78, 5) is 16.6. The van der Waals surface area contributed by atoms with Gasteiger partial charge >= 0.3 is 0 Å². The topological polar surface area (TPSA) is 23.6 Å². The average Bonchev–Trinajstić information content (AvgIpc) is 3.28. The van der Waals surface area contributed by atoms with Gasteiger partial charge in [0, 0.05) is 38.4 Å². The number of hydrogen-bond acceptors (Lipinski definition) is 2. The molecule has 1 atom stereocenters. The summed E-state index contributed by atoms with van der Waals surface area (Å²) >= 11 is 0. The van der Waals surface area contributed by atoms with Gasteiger partial charge in [-0.25, -0.2) is 8.78 Å². The third kappa shape index (κ3) is 5.50. The van der Waals surface area contributed by atoms with Crippen LogP contribution in [0.2, 0.25) is 0 Å². The number of hydrogen-bond donors (Lipinski definition) is 0. The van der Waals surface area contributed by atoms with Crippen molar-refractivity contribution in [1.82, 2.24) is 9.80 Å². The van der Waals surface area contributed by atoms with E-state index in [9.17, 15) is 13.6 Å². The third-order valence-corrected chi connectivity index (χ3v) is 5.39. The molecular weight excluding hydrogens is 322 g/mol. The highest BCUT2D eigenvalue weighted by Gasteiger charge is 2.56. The summed E-state index contributed by atoms with van der Waals surface area (Å²) in [6.45, 7) is 3.97. The van der Waals surface area contributed by atoms with Gasteiger partial charge in [0.25, 0.3) is 5.92 Å². The highest BCUT2D eigenvalue weighted by atomic mass is 19.3. The van der Waals surface area contributed by atoms with E-state index in [1.807, 2.05) is 23.1 Å². The summed E-state index contributed by atoms with van der Waals surface area (Å²) < 4.78 is 25.9. The van der Waals surface area contributed by atoms with Crippen LogP contribution in [0.25, 0.3) is 0 Å². The van der Waals surface area contributed by atoms with Crippen LogP contribution < -0.4 is 0 Å². The number of alkyl halides is 2. The fourth-order valence-electron chi connectivity index (χ4n) is 3.61. The van der Waals surface area contributed by atoms with Crippen molar-refractivity contribution in [2.45, 2.75) is 44.4 Å². The van der Waals surface area contributed by atoms with Gasteiger partial charge in [-0.15, -0.1) is 0 Å². The van der Waals surface area contributed by atoms with E-state index in [0.717, 1.165) is 52.0 Å². The van der Waals surface area contributed by atoms with Crippen LogP contribution in [0.4, 0.5) is 8.78 Å². The molecule has 1 aromatic carbocycles. The largest absolute Gasteiger partial charge is 0.341 e. The molecule has 0 radical (unpaired) electrons. The minimum absolute atomic E-state index is 0.0624. The molecule has 0 bridgehead atoms. The molecule has 1 aliphatic carbocycles. The minimum Gasteiger partial charge on any atom is -0.341 e. The molecule has 2 fully saturated rings. The van der Waals surface area contributed by atoms with Gasteiger partial charge in [0.15, 0.2) is 0 Å². The first-order valence-corrected chi connectivity index (χ1v) is 9.46. The molecule has 1 aliphatic heterocycles. The van der Waals surface area contributed by atoms with Crippen molar-refractivity contribution in [3.05, 3.63) is 35.9 Å². The van der Waals surface area contributed by atoms with Gasteiger partial charge in [-0.3, -0.25) is 4.79 Å². The van der Waals surface area contributed by atoms with Crippen LogP contribution in [-0.4, -0.2) is 54.4 Å². The Hall–Kier alpha value is -1.49. The van der Waals surface area contributed by atoms with Gasteiger partial charge < -0.3 is 9.80 Å². The van der Waals surface area contributed by atoms with Crippen molar-refractivity contribution in [2.24, 2.45) is 5.92 Å². The van der Waals surface area contributed by atoms with Gasteiger partial charge in [-0.05, 0) is 44.3 Å². The Balaban J connectivity index is 1.35. The summed E-state index contributed by atoms with van der Waals surface area (Å²) in [5.41, 5.74) is 1.27. The fourth-order valence-corrected chi connectivity index (χ4v) is 3.61. The van der Waals surface area contributed by atoms with Crippen LogP contribution in [0.1, 0.15) is 37.7 Å². The lowest BCUT2D eigenvalue weighted by atomic mass is 10.1. The summed E-state index contributed by atoms with van der Waals surface area (Å²) in [5, 5.41) is 0. The molecule has 1 heterocycles. The van der Waals surface area contributed by atoms with E-state index in [2.05, 4.69) is 17.0 Å². The van der Waals surface area contributed by atoms with E-state index in [4.69, 9.17) is 0 Å². The normalized spacial score (nSPS) is 23.3. The summed E-state index contributed by atoms with van der Waals surface area (Å²) in [6.07, 6.45) is 3.97. The van der Waals surface area contributed by atoms with E-state index < -0.39 is 11.8 Å². The average molecular weight is 350 g/mol. The van der Waals surface area contributed by atoms with Crippen LogP contribution in [-0.2, 0) is 11.2 Å². The molecule has 5 heteroatoms. The number of carbonyl (C=O) groups is 1. The lowest BCUT2D eigenvalue weighted by Gasteiger charge is -2.22. The standard InChI is InChI=1S/C20H28F2N2O/c21-20(22)16-18(20)10-13-23-11-5-12-24(15-14-23)19(25)9-4-8-17-6-2-1-3-7-17/h1-3,6-7,18H,4-5,8-16H2. The van der Waals surface area contributed by atoms with Gasteiger partial charge in [0.05, 0.1) is 0 Å². The number of amides is 1. The van der Waals surface area contributed by atoms with Gasteiger partial charge in [-0.1, -0.05) is 30.3 Å². The monoisotopic (exact) mass is 350 g/mol. The van der Waals surface area contributed by atoms with E-state index in [0.29, 0.717) is 12.8 Å². The number of carbonyl (C=O) groups excluding carboxylic acids is 1. The molecule has 3 nitrogen and oxygen atoms in total. The molecule has 1 unspecified atom stereocenters. The van der Waals surface area contributed by atoms with Crippen molar-refractivity contribution >= 4 is 5.91 Å². The smallest absolute Gasteiger partial charge is 0.251 e. The summed E-state index contributed by atoms with van der Waals surface area (Å²) in [5.74, 6) is -2.59. The maximum absolute atomic E-state index is 13.0. The molecule has 0 aromatic heterocycles. The predicted octanol–water partition coefficient (Wildman–Crippen LogP) is 3.59. The zero-order valence-corrected chi connectivity index (χ0v) is 14.8. The zero-order chi connectivity index (χ0) is 17.7. The zero-order valence-electron chi connectivity index (χ0n) is 14.8. The number of halogens is 2. The van der Waals surface area contributed by atoms with Gasteiger partial charge in [-0.2, -0.15) is 0 Å². The second-order valence-corrected chi connectivity index (χ2v) is 7.37. The van der Waals surface area contributed by atoms with Gasteiger partial charge in [0.2, 0.25) is 5.91 Å². The first-order chi connectivity index (χ1) is 12.0. The Kier molecular flexibility index (Phi) is 6.05. The maximum Gasteiger partial charge on any atom is 0.251 e. The van der Waals surface area contributed by atoms with Crippen molar-refractivity contribution in [3.8, 4) is 0 Å². The molecule has 0 N–H and O–H groups in total. The molecule has 2 aliphatic rings. The lowest BCUT2D eigenvalue weighted by molar-refractivity contribution is -0.131. The van der Waals surface area contributed by atoms with E-state index in [1.54, 1.807) is 0 Å². The van der Waals surface area contributed by atoms with Crippen molar-refractivity contribution in [2.75, 3.05) is 32.7 Å². The highest BCUT2D eigenvalue weighted by molar-refractivity contribution is 5.76. The molecule has 1 saturated heterocycles. The van der Waals surface area contributed by atoms with E-state index >= 15 is 0 Å². The molecule has 3 rings (SSSR count). The SMILES string of the molecule is O=C(CCCc1ccccc1)N1CCCN(CCC2CC2(F)F)CC1. The first-order valence-electron chi connectivity index (χ1n) is 9.46. The number of benzene rings is 1. The summed E-state index contributed by atoms with van der Waals surface area (Å²) in [7, 11) is 0. The molecular formula is C20H28F2N2O. The lowest BCUT2D eigenvalue weighted by Crippen LogP contribution is -2.35. The van der Waals surface area contributed by atoms with Crippen molar-refractivity contribution in [3.63, 3.8) is 0 Å². The van der Waals surface area contributed by atoms with Crippen LogP contribution in [0.3, 0.4) is 0 Å². The first kappa shape index (κ1) is 18.3. The quantitative estimate of drug-likeness (QED) is 0.750. The van der Waals surface area contributed by atoms with Crippen LogP contribution in [0, 0.1) is 5.92 Å². The van der Waals surface area contributed by atoms with Gasteiger partial charge in [0.1, 0.15) is 0 Å². The van der Waals surface area contributed by atoms with E-state index in [-0.39, 0.29) is 12.3 Å². The minimum atomic E-state index is -2.41. The molecule has 0 spiro atoms. The Morgan fingerprint density at radius 3 is 2.60 bits per heavy atom.